The van der Waals surface area contributed by atoms with Gasteiger partial charge in [0.05, 0.1) is 34.2 Å². The Morgan fingerprint density at radius 3 is 2.45 bits per heavy atom. The number of rotatable bonds is 2. The molecule has 2 aromatic rings. The molecule has 0 fully saturated rings. The molecule has 0 saturated carbocycles. The number of nitrogens with zero attached hydrogens (tertiary/aromatic N) is 2. The Kier molecular flexibility index (Phi) is 3.81. The second-order valence-corrected chi connectivity index (χ2v) is 4.27. The average Bonchev–Trinajstić information content (AvgIpc) is 2.40. The smallest absolute Gasteiger partial charge is 0.353 e. The van der Waals surface area contributed by atoms with Gasteiger partial charge in [0.15, 0.2) is 0 Å². The summed E-state index contributed by atoms with van der Waals surface area (Å²) in [5.41, 5.74) is 0.275. The van der Waals surface area contributed by atoms with E-state index in [2.05, 4.69) is 10.3 Å². The fraction of sp³-hybridized carbons (Fsp3) is 0.0769. The third kappa shape index (κ3) is 3.19. The summed E-state index contributed by atoms with van der Waals surface area (Å²) in [6.07, 6.45) is -3.40. The fourth-order valence-corrected chi connectivity index (χ4v) is 1.70. The minimum atomic E-state index is -4.47. The number of halogens is 4. The van der Waals surface area contributed by atoms with E-state index in [0.717, 1.165) is 12.3 Å². The molecule has 0 bridgehead atoms. The number of benzene rings is 1. The van der Waals surface area contributed by atoms with E-state index in [1.807, 2.05) is 6.07 Å². The normalized spacial score (nSPS) is 10.9. The van der Waals surface area contributed by atoms with Crippen LogP contribution in [0.15, 0.2) is 36.5 Å². The second-order valence-electron chi connectivity index (χ2n) is 3.86. The van der Waals surface area contributed by atoms with Crippen LogP contribution in [0, 0.1) is 11.3 Å². The van der Waals surface area contributed by atoms with Crippen LogP contribution in [0.25, 0.3) is 0 Å². The van der Waals surface area contributed by atoms with Crippen molar-refractivity contribution < 1.29 is 13.2 Å². The Bertz CT molecular complexity index is 660. The number of aromatic nitrogens is 1. The quantitative estimate of drug-likeness (QED) is 0.895. The predicted molar refractivity (Wildman–Crippen MR) is 68.7 cm³/mol. The zero-order valence-electron chi connectivity index (χ0n) is 9.87. The topological polar surface area (TPSA) is 48.7 Å². The highest BCUT2D eigenvalue weighted by Gasteiger charge is 2.31. The first-order valence-electron chi connectivity index (χ1n) is 5.40. The molecule has 20 heavy (non-hydrogen) atoms. The van der Waals surface area contributed by atoms with Crippen LogP contribution in [0.3, 0.4) is 0 Å². The van der Waals surface area contributed by atoms with Gasteiger partial charge in [-0.1, -0.05) is 11.6 Å². The number of nitriles is 1. The monoisotopic (exact) mass is 297 g/mol. The van der Waals surface area contributed by atoms with Gasteiger partial charge in [-0.3, -0.25) is 0 Å². The molecular weight excluding hydrogens is 291 g/mol. The van der Waals surface area contributed by atoms with Crippen LogP contribution in [0.5, 0.6) is 0 Å². The van der Waals surface area contributed by atoms with Gasteiger partial charge in [-0.25, -0.2) is 4.98 Å². The number of anilines is 2. The lowest BCUT2D eigenvalue weighted by atomic mass is 10.2. The molecule has 0 unspecified atom stereocenters. The maximum absolute atomic E-state index is 12.4. The van der Waals surface area contributed by atoms with Crippen molar-refractivity contribution in [3.8, 4) is 6.07 Å². The number of nitrogens with one attached hydrogen (secondary N) is 1. The van der Waals surface area contributed by atoms with Gasteiger partial charge in [-0.15, -0.1) is 0 Å². The van der Waals surface area contributed by atoms with Crippen LogP contribution in [0.2, 0.25) is 5.02 Å². The van der Waals surface area contributed by atoms with E-state index < -0.39 is 11.9 Å². The van der Waals surface area contributed by atoms with E-state index >= 15 is 0 Å². The summed E-state index contributed by atoms with van der Waals surface area (Å²) in [6.45, 7) is 0. The third-order valence-electron chi connectivity index (χ3n) is 2.43. The minimum Gasteiger partial charge on any atom is -0.353 e. The van der Waals surface area contributed by atoms with Gasteiger partial charge in [-0.05, 0) is 30.3 Å². The molecule has 1 N–H and O–H groups in total. The van der Waals surface area contributed by atoms with Crippen molar-refractivity contribution >= 4 is 23.0 Å². The minimum absolute atomic E-state index is 0.295. The number of pyridine rings is 1. The Hall–Kier alpha value is -2.26. The molecule has 102 valence electrons. The van der Waals surface area contributed by atoms with Crippen molar-refractivity contribution in [3.05, 3.63) is 52.8 Å². The molecule has 7 heteroatoms. The van der Waals surface area contributed by atoms with Gasteiger partial charge in [-0.2, -0.15) is 18.4 Å². The lowest BCUT2D eigenvalue weighted by molar-refractivity contribution is -0.141. The van der Waals surface area contributed by atoms with Crippen LogP contribution in [-0.4, -0.2) is 4.98 Å². The molecule has 0 radical (unpaired) electrons. The van der Waals surface area contributed by atoms with E-state index in [9.17, 15) is 13.2 Å². The Labute approximate surface area is 117 Å². The first kappa shape index (κ1) is 14.2. The number of hydrogen-bond donors (Lipinski definition) is 1. The molecule has 1 aromatic heterocycles. The molecule has 1 aromatic carbocycles. The zero-order valence-corrected chi connectivity index (χ0v) is 10.6. The highest BCUT2D eigenvalue weighted by atomic mass is 35.5. The zero-order chi connectivity index (χ0) is 14.8. The molecule has 0 aliphatic carbocycles. The SMILES string of the molecule is N#Cc1ccc(Nc2ccc(C(F)(F)F)nc2)c(Cl)c1. The van der Waals surface area contributed by atoms with Crippen LogP contribution < -0.4 is 5.32 Å². The summed E-state index contributed by atoms with van der Waals surface area (Å²) in [5, 5.41) is 11.8. The molecule has 3 nitrogen and oxygen atoms in total. The van der Waals surface area contributed by atoms with Crippen LogP contribution >= 0.6 is 11.6 Å². The van der Waals surface area contributed by atoms with Gasteiger partial charge in [0.2, 0.25) is 0 Å². The summed E-state index contributed by atoms with van der Waals surface area (Å²) < 4.78 is 37.1. The maximum Gasteiger partial charge on any atom is 0.433 e. The molecule has 0 aliphatic heterocycles. The van der Waals surface area contributed by atoms with Crippen molar-refractivity contribution in [2.75, 3.05) is 5.32 Å². The molecule has 0 saturated heterocycles. The molecule has 0 atom stereocenters. The van der Waals surface area contributed by atoms with Crippen molar-refractivity contribution in [1.82, 2.24) is 4.98 Å². The van der Waals surface area contributed by atoms with E-state index in [4.69, 9.17) is 16.9 Å². The highest BCUT2D eigenvalue weighted by Crippen LogP contribution is 2.29. The molecule has 0 spiro atoms. The summed E-state index contributed by atoms with van der Waals surface area (Å²) in [5.74, 6) is 0. The lowest BCUT2D eigenvalue weighted by Gasteiger charge is -2.10. The predicted octanol–water partition coefficient (Wildman–Crippen LogP) is 4.37. The largest absolute Gasteiger partial charge is 0.433 e. The summed E-state index contributed by atoms with van der Waals surface area (Å²) >= 11 is 5.95. The van der Waals surface area contributed by atoms with E-state index in [-0.39, 0.29) is 0 Å². The summed E-state index contributed by atoms with van der Waals surface area (Å²) in [7, 11) is 0. The van der Waals surface area contributed by atoms with Gasteiger partial charge in [0, 0.05) is 0 Å². The molecule has 2 rings (SSSR count). The first-order valence-corrected chi connectivity index (χ1v) is 5.78. The van der Waals surface area contributed by atoms with Crippen LogP contribution in [0.1, 0.15) is 11.3 Å². The molecular formula is C13H7ClF3N3. The van der Waals surface area contributed by atoms with E-state index in [0.29, 0.717) is 22.0 Å². The van der Waals surface area contributed by atoms with Gasteiger partial charge >= 0.3 is 6.18 Å². The Morgan fingerprint density at radius 2 is 1.95 bits per heavy atom. The second kappa shape index (κ2) is 5.39. The fourth-order valence-electron chi connectivity index (χ4n) is 1.48. The summed E-state index contributed by atoms with van der Waals surface area (Å²) in [6, 6.07) is 8.64. The van der Waals surface area contributed by atoms with Crippen LogP contribution in [-0.2, 0) is 6.18 Å². The van der Waals surface area contributed by atoms with Crippen molar-refractivity contribution in [1.29, 1.82) is 5.26 Å². The van der Waals surface area contributed by atoms with Gasteiger partial charge in [0.25, 0.3) is 0 Å². The number of hydrogen-bond acceptors (Lipinski definition) is 3. The molecule has 1 heterocycles. The first-order chi connectivity index (χ1) is 9.40. The summed E-state index contributed by atoms with van der Waals surface area (Å²) in [4.78, 5) is 3.33. The maximum atomic E-state index is 12.4. The van der Waals surface area contributed by atoms with Crippen molar-refractivity contribution in [2.24, 2.45) is 0 Å². The lowest BCUT2D eigenvalue weighted by Crippen LogP contribution is -2.07. The standard InChI is InChI=1S/C13H7ClF3N3/c14-10-5-8(6-18)1-3-11(10)20-9-2-4-12(19-7-9)13(15,16)17/h1-5,7,20H. The van der Waals surface area contributed by atoms with Gasteiger partial charge in [0.1, 0.15) is 5.69 Å². The Balaban J connectivity index is 2.21. The Morgan fingerprint density at radius 1 is 1.20 bits per heavy atom. The van der Waals surface area contributed by atoms with Gasteiger partial charge < -0.3 is 5.32 Å². The average molecular weight is 298 g/mol. The van der Waals surface area contributed by atoms with E-state index in [1.54, 1.807) is 12.1 Å². The van der Waals surface area contributed by atoms with Crippen LogP contribution in [0.4, 0.5) is 24.5 Å². The number of alkyl halides is 3. The molecule has 0 aliphatic rings. The highest BCUT2D eigenvalue weighted by molar-refractivity contribution is 6.33. The van der Waals surface area contributed by atoms with E-state index in [1.165, 1.54) is 12.1 Å². The molecule has 0 amide bonds. The third-order valence-corrected chi connectivity index (χ3v) is 2.74. The van der Waals surface area contributed by atoms with Crippen molar-refractivity contribution in [3.63, 3.8) is 0 Å². The van der Waals surface area contributed by atoms with Crippen molar-refractivity contribution in [2.45, 2.75) is 6.18 Å².